The summed E-state index contributed by atoms with van der Waals surface area (Å²) in [6, 6.07) is 3.81. The van der Waals surface area contributed by atoms with Gasteiger partial charge in [0.25, 0.3) is 0 Å². The van der Waals surface area contributed by atoms with Crippen molar-refractivity contribution >= 4 is 0 Å². The molecule has 3 heteroatoms. The van der Waals surface area contributed by atoms with Crippen molar-refractivity contribution in [3.63, 3.8) is 0 Å². The van der Waals surface area contributed by atoms with Gasteiger partial charge in [-0.05, 0) is 13.8 Å². The number of allylic oxidation sites excluding steroid dienone is 2. The van der Waals surface area contributed by atoms with Gasteiger partial charge in [-0.2, -0.15) is 10.5 Å². The molecule has 0 aromatic rings. The van der Waals surface area contributed by atoms with Gasteiger partial charge in [-0.25, -0.2) is 0 Å². The zero-order valence-corrected chi connectivity index (χ0v) is 6.83. The molecule has 58 valence electrons. The first-order chi connectivity index (χ1) is 5.29. The summed E-state index contributed by atoms with van der Waals surface area (Å²) in [4.78, 5) is 1.84. The van der Waals surface area contributed by atoms with E-state index in [1.54, 1.807) is 0 Å². The number of nitrogens with zero attached hydrogens (tertiary/aromatic N) is 3. The smallest absolute Gasteiger partial charge is 0.126 e. The predicted molar refractivity (Wildman–Crippen MR) is 42.2 cm³/mol. The standard InChI is InChI=1S/C8H11N3/c1-3-11(4-2)8(7-10)5-6-9/h5H,3-4H2,1-2H3/b8-5+. The van der Waals surface area contributed by atoms with Gasteiger partial charge in [0.1, 0.15) is 11.8 Å². The van der Waals surface area contributed by atoms with Crippen molar-refractivity contribution in [2.75, 3.05) is 13.1 Å². The van der Waals surface area contributed by atoms with Crippen LogP contribution in [0.1, 0.15) is 13.8 Å². The van der Waals surface area contributed by atoms with E-state index < -0.39 is 0 Å². The summed E-state index contributed by atoms with van der Waals surface area (Å²) in [5, 5.41) is 16.9. The highest BCUT2D eigenvalue weighted by molar-refractivity contribution is 5.25. The molecule has 11 heavy (non-hydrogen) atoms. The second-order valence-electron chi connectivity index (χ2n) is 1.94. The number of rotatable bonds is 3. The summed E-state index contributed by atoms with van der Waals surface area (Å²) in [6.45, 7) is 5.42. The van der Waals surface area contributed by atoms with Gasteiger partial charge in [0.05, 0.1) is 12.1 Å². The number of hydrogen-bond donors (Lipinski definition) is 0. The Morgan fingerprint density at radius 3 is 2.18 bits per heavy atom. The average Bonchev–Trinajstić information content (AvgIpc) is 2.05. The van der Waals surface area contributed by atoms with Crippen molar-refractivity contribution in [3.05, 3.63) is 11.8 Å². The fourth-order valence-corrected chi connectivity index (χ4v) is 0.820. The quantitative estimate of drug-likeness (QED) is 0.567. The lowest BCUT2D eigenvalue weighted by Gasteiger charge is -2.17. The molecule has 0 aromatic carbocycles. The highest BCUT2D eigenvalue weighted by Gasteiger charge is 2.02. The zero-order chi connectivity index (χ0) is 8.69. The second-order valence-corrected chi connectivity index (χ2v) is 1.94. The van der Waals surface area contributed by atoms with E-state index in [0.717, 1.165) is 13.1 Å². The Hall–Kier alpha value is -1.48. The van der Waals surface area contributed by atoms with Crippen molar-refractivity contribution in [3.8, 4) is 12.1 Å². The molecule has 0 N–H and O–H groups in total. The summed E-state index contributed by atoms with van der Waals surface area (Å²) in [6.07, 6.45) is 1.27. The summed E-state index contributed by atoms with van der Waals surface area (Å²) in [5.41, 5.74) is 0.442. The van der Waals surface area contributed by atoms with Gasteiger partial charge in [-0.15, -0.1) is 0 Å². The second kappa shape index (κ2) is 5.32. The van der Waals surface area contributed by atoms with E-state index >= 15 is 0 Å². The maximum absolute atomic E-state index is 8.58. The van der Waals surface area contributed by atoms with E-state index in [1.807, 2.05) is 30.9 Å². The van der Waals surface area contributed by atoms with Gasteiger partial charge in [0.15, 0.2) is 0 Å². The van der Waals surface area contributed by atoms with Crippen LogP contribution >= 0.6 is 0 Å². The molecule has 0 bridgehead atoms. The molecular formula is C8H11N3. The lowest BCUT2D eigenvalue weighted by molar-refractivity contribution is 0.397. The van der Waals surface area contributed by atoms with Crippen LogP contribution in [0.2, 0.25) is 0 Å². The zero-order valence-electron chi connectivity index (χ0n) is 6.83. The molecule has 0 fully saturated rings. The van der Waals surface area contributed by atoms with E-state index in [-0.39, 0.29) is 0 Å². The van der Waals surface area contributed by atoms with Gasteiger partial charge in [0, 0.05) is 13.1 Å². The topological polar surface area (TPSA) is 50.8 Å². The SMILES string of the molecule is CCN(CC)/C(C#N)=C/C#N. The van der Waals surface area contributed by atoms with E-state index in [0.29, 0.717) is 5.70 Å². The summed E-state index contributed by atoms with van der Waals surface area (Å²) in [7, 11) is 0. The van der Waals surface area contributed by atoms with Crippen molar-refractivity contribution in [2.45, 2.75) is 13.8 Å². The fraction of sp³-hybridized carbons (Fsp3) is 0.500. The minimum Gasteiger partial charge on any atom is -0.363 e. The lowest BCUT2D eigenvalue weighted by Crippen LogP contribution is -2.21. The third-order valence-corrected chi connectivity index (χ3v) is 1.42. The van der Waals surface area contributed by atoms with Crippen LogP contribution in [-0.4, -0.2) is 18.0 Å². The molecule has 0 saturated carbocycles. The van der Waals surface area contributed by atoms with Crippen molar-refractivity contribution < 1.29 is 0 Å². The molecule has 0 aliphatic heterocycles. The highest BCUT2D eigenvalue weighted by Crippen LogP contribution is 2.00. The third kappa shape index (κ3) is 2.73. The Kier molecular flexibility index (Phi) is 4.60. The van der Waals surface area contributed by atoms with Gasteiger partial charge in [0.2, 0.25) is 0 Å². The van der Waals surface area contributed by atoms with E-state index in [2.05, 4.69) is 0 Å². The molecule has 0 aromatic heterocycles. The fourth-order valence-electron chi connectivity index (χ4n) is 0.820. The largest absolute Gasteiger partial charge is 0.363 e. The van der Waals surface area contributed by atoms with Crippen LogP contribution in [0, 0.1) is 22.7 Å². The Morgan fingerprint density at radius 2 is 1.91 bits per heavy atom. The maximum Gasteiger partial charge on any atom is 0.126 e. The first-order valence-corrected chi connectivity index (χ1v) is 3.54. The lowest BCUT2D eigenvalue weighted by atomic mass is 10.3. The summed E-state index contributed by atoms with van der Waals surface area (Å²) >= 11 is 0. The van der Waals surface area contributed by atoms with Gasteiger partial charge in [-0.3, -0.25) is 0 Å². The Labute approximate surface area is 67.1 Å². The van der Waals surface area contributed by atoms with Crippen molar-refractivity contribution in [2.24, 2.45) is 0 Å². The van der Waals surface area contributed by atoms with Crippen molar-refractivity contribution in [1.29, 1.82) is 10.5 Å². The molecule has 0 radical (unpaired) electrons. The van der Waals surface area contributed by atoms with Crippen LogP contribution in [0.5, 0.6) is 0 Å². The third-order valence-electron chi connectivity index (χ3n) is 1.42. The van der Waals surface area contributed by atoms with E-state index in [4.69, 9.17) is 10.5 Å². The van der Waals surface area contributed by atoms with Crippen LogP contribution < -0.4 is 0 Å². The van der Waals surface area contributed by atoms with Gasteiger partial charge in [-0.1, -0.05) is 0 Å². The molecule has 0 atom stereocenters. The van der Waals surface area contributed by atoms with Crippen LogP contribution in [0.3, 0.4) is 0 Å². The van der Waals surface area contributed by atoms with Crippen molar-refractivity contribution in [1.82, 2.24) is 4.90 Å². The maximum atomic E-state index is 8.58. The molecule has 0 rings (SSSR count). The predicted octanol–water partition coefficient (Wildman–Crippen LogP) is 1.26. The molecule has 0 heterocycles. The first-order valence-electron chi connectivity index (χ1n) is 3.54. The Bertz CT molecular complexity index is 212. The average molecular weight is 149 g/mol. The summed E-state index contributed by atoms with van der Waals surface area (Å²) < 4.78 is 0. The number of nitriles is 2. The molecular weight excluding hydrogens is 138 g/mol. The first kappa shape index (κ1) is 9.52. The van der Waals surface area contributed by atoms with E-state index in [9.17, 15) is 0 Å². The number of hydrogen-bond acceptors (Lipinski definition) is 3. The monoisotopic (exact) mass is 149 g/mol. The van der Waals surface area contributed by atoms with Crippen LogP contribution in [0.4, 0.5) is 0 Å². The van der Waals surface area contributed by atoms with Crippen LogP contribution in [-0.2, 0) is 0 Å². The molecule has 0 spiro atoms. The molecule has 0 aliphatic carbocycles. The Balaban J connectivity index is 4.40. The normalized spacial score (nSPS) is 10.0. The van der Waals surface area contributed by atoms with Crippen LogP contribution in [0.15, 0.2) is 11.8 Å². The molecule has 3 nitrogen and oxygen atoms in total. The molecule has 0 saturated heterocycles. The minimum atomic E-state index is 0.442. The highest BCUT2D eigenvalue weighted by atomic mass is 15.1. The molecule has 0 amide bonds. The minimum absolute atomic E-state index is 0.442. The molecule has 0 aliphatic rings. The Morgan fingerprint density at radius 1 is 1.36 bits per heavy atom. The molecule has 0 unspecified atom stereocenters. The van der Waals surface area contributed by atoms with E-state index in [1.165, 1.54) is 6.08 Å². The van der Waals surface area contributed by atoms with Gasteiger partial charge < -0.3 is 4.90 Å². The summed E-state index contributed by atoms with van der Waals surface area (Å²) in [5.74, 6) is 0. The van der Waals surface area contributed by atoms with Gasteiger partial charge >= 0.3 is 0 Å². The van der Waals surface area contributed by atoms with Crippen LogP contribution in [0.25, 0.3) is 0 Å².